The van der Waals surface area contributed by atoms with Crippen LogP contribution in [0.1, 0.15) is 91.3 Å². The predicted octanol–water partition coefficient (Wildman–Crippen LogP) is 5.74. The van der Waals surface area contributed by atoms with Gasteiger partial charge in [0.1, 0.15) is 18.1 Å². The van der Waals surface area contributed by atoms with Gasteiger partial charge >= 0.3 is 5.97 Å². The molecule has 2 N–H and O–H groups in total. The topological polar surface area (TPSA) is 159 Å². The second-order valence-electron chi connectivity index (χ2n) is 19.5. The van der Waals surface area contributed by atoms with E-state index in [0.717, 1.165) is 40.1 Å². The molecule has 3 fully saturated rings. The lowest BCUT2D eigenvalue weighted by Gasteiger charge is -2.39. The number of pyridine rings is 1. The summed E-state index contributed by atoms with van der Waals surface area (Å²) >= 11 is 0. The van der Waals surface area contributed by atoms with E-state index in [0.29, 0.717) is 58.5 Å². The van der Waals surface area contributed by atoms with Gasteiger partial charge in [-0.3, -0.25) is 34.0 Å². The second-order valence-corrected chi connectivity index (χ2v) is 19.5. The van der Waals surface area contributed by atoms with Crippen LogP contribution in [0.3, 0.4) is 0 Å². The summed E-state index contributed by atoms with van der Waals surface area (Å²) in [5.41, 5.74) is 9.26. The second kappa shape index (κ2) is 27.8. The number of likely N-dealkylation sites (tertiary alicyclic amines) is 1. The van der Waals surface area contributed by atoms with E-state index >= 15 is 0 Å². The molecule has 0 saturated carbocycles. The van der Waals surface area contributed by atoms with Crippen LogP contribution in [0.25, 0.3) is 22.2 Å². The molecule has 2 aromatic heterocycles. The van der Waals surface area contributed by atoms with Crippen LogP contribution in [0.2, 0.25) is 0 Å². The third kappa shape index (κ3) is 14.1. The standard InChI is InChI=1S/C49H68N8O7.6H2S/c1-10-41(58)55-21-18-32(27-55)46(60)53(9)43(31(5)6)45(59)51-39-25-34-28-54(22-23-63-34)33-16-17-40-36(24-33)37(44(56(40)11-2)35-14-12-19-50-42(35)30(3)4)26-49(7,8)29-64-48(62)38-15-13-20-57(52-38)47(39)61;;;;;;/h10,12,14,16-17,19,24,30-32,34,38-39,43,52H,1,11,13,15,18,20-23,25-29H2,2-9H3,(H,51,59);6*1H2/t32-,34-,38-,39-,43-;;;;;;/m0....../s1. The first kappa shape index (κ1) is 64.8. The number of fused-ring (bicyclic) bond motifs is 6. The van der Waals surface area contributed by atoms with Crippen LogP contribution >= 0.6 is 81.0 Å². The fraction of sp³-hybridized carbons (Fsp3) is 0.592. The highest BCUT2D eigenvalue weighted by atomic mass is 32.1. The van der Waals surface area contributed by atoms with Gasteiger partial charge in [0.15, 0.2) is 0 Å². The molecule has 0 unspecified atom stereocenters. The number of morpholine rings is 1. The molecule has 0 radical (unpaired) electrons. The molecule has 0 spiro atoms. The number of esters is 1. The van der Waals surface area contributed by atoms with Gasteiger partial charge in [-0.25, -0.2) is 5.43 Å². The summed E-state index contributed by atoms with van der Waals surface area (Å²) < 4.78 is 14.9. The van der Waals surface area contributed by atoms with E-state index in [1.807, 2.05) is 26.1 Å². The zero-order chi connectivity index (χ0) is 46.0. The van der Waals surface area contributed by atoms with Gasteiger partial charge in [-0.05, 0) is 86.4 Å². The van der Waals surface area contributed by atoms with Gasteiger partial charge in [-0.15, -0.1) is 0 Å². The Morgan fingerprint density at radius 1 is 1.00 bits per heavy atom. The summed E-state index contributed by atoms with van der Waals surface area (Å²) in [5, 5.41) is 5.63. The lowest BCUT2D eigenvalue weighted by molar-refractivity contribution is -0.156. The SMILES string of the molecule is C=CC(=O)N1CC[C@H](C(=O)N(C)[C@H](C(=O)N[C@H]2C[C@H]3CN(CCO3)c3ccc4c(c3)c(c(-c3cccnc3C(C)C)n4CC)CC(C)(C)COC(=O)[C@@H]3CCCN(N3)C2=O)C(C)C)C1.S.S.S.S.S.S. The number of amides is 4. The molecule has 1 aromatic carbocycles. The number of nitrogens with one attached hydrogen (secondary N) is 2. The lowest BCUT2D eigenvalue weighted by Crippen LogP contribution is -2.62. The average molecular weight is 1090 g/mol. The molecule has 3 aromatic rings. The molecule has 4 aliphatic heterocycles. The van der Waals surface area contributed by atoms with Crippen molar-refractivity contribution in [1.29, 1.82) is 0 Å². The number of carbonyl (C=O) groups is 5. The number of ether oxygens (including phenoxy) is 2. The molecule has 70 heavy (non-hydrogen) atoms. The molecular formula is C49H80N8O7S6. The van der Waals surface area contributed by atoms with E-state index in [9.17, 15) is 24.0 Å². The van der Waals surface area contributed by atoms with Crippen LogP contribution in [-0.2, 0) is 46.4 Å². The molecule has 0 aliphatic carbocycles. The highest BCUT2D eigenvalue weighted by Gasteiger charge is 2.41. The first-order valence-electron chi connectivity index (χ1n) is 23.2. The minimum atomic E-state index is -1.04. The zero-order valence-electron chi connectivity index (χ0n) is 42.0. The quantitative estimate of drug-likeness (QED) is 0.200. The number of nitrogens with zero attached hydrogens (tertiary/aromatic N) is 6. The Balaban J connectivity index is 0.00000408. The van der Waals surface area contributed by atoms with Gasteiger partial charge < -0.3 is 34.1 Å². The maximum atomic E-state index is 14.7. The molecule has 4 aliphatic rings. The molecule has 15 nitrogen and oxygen atoms in total. The van der Waals surface area contributed by atoms with Crippen molar-refractivity contribution in [2.75, 3.05) is 57.9 Å². The van der Waals surface area contributed by atoms with Crippen LogP contribution in [0.4, 0.5) is 5.69 Å². The third-order valence-corrected chi connectivity index (χ3v) is 13.4. The fourth-order valence-corrected chi connectivity index (χ4v) is 10.2. The zero-order valence-corrected chi connectivity index (χ0v) is 48.0. The number of cyclic esters (lactones) is 1. The Labute approximate surface area is 457 Å². The van der Waals surface area contributed by atoms with Gasteiger partial charge in [0.2, 0.25) is 17.7 Å². The van der Waals surface area contributed by atoms with Gasteiger partial charge in [0.25, 0.3) is 5.91 Å². The summed E-state index contributed by atoms with van der Waals surface area (Å²) in [6.07, 6.45) is 4.98. The summed E-state index contributed by atoms with van der Waals surface area (Å²) in [7, 11) is 1.61. The molecule has 394 valence electrons. The minimum absolute atomic E-state index is 0. The summed E-state index contributed by atoms with van der Waals surface area (Å²) in [6.45, 7) is 21.5. The Hall–Kier alpha value is -3.18. The number of aromatic nitrogens is 2. The Kier molecular flexibility index (Phi) is 25.7. The van der Waals surface area contributed by atoms with Crippen LogP contribution in [0.15, 0.2) is 49.2 Å². The number of anilines is 1. The van der Waals surface area contributed by atoms with Crippen molar-refractivity contribution < 1.29 is 33.4 Å². The van der Waals surface area contributed by atoms with Gasteiger partial charge in [0.05, 0.1) is 36.6 Å². The average Bonchev–Trinajstić information content (AvgIpc) is 3.90. The summed E-state index contributed by atoms with van der Waals surface area (Å²) in [5.74, 6) is -2.33. The maximum absolute atomic E-state index is 14.7. The van der Waals surface area contributed by atoms with Gasteiger partial charge in [0, 0.05) is 86.5 Å². The van der Waals surface area contributed by atoms with E-state index < -0.39 is 53.3 Å². The predicted molar refractivity (Wildman–Crippen MR) is 308 cm³/mol. The fourth-order valence-electron chi connectivity index (χ4n) is 10.2. The van der Waals surface area contributed by atoms with Crippen molar-refractivity contribution in [3.05, 3.63) is 60.4 Å². The van der Waals surface area contributed by atoms with E-state index in [1.54, 1.807) is 11.9 Å². The van der Waals surface area contributed by atoms with E-state index in [2.05, 4.69) is 85.7 Å². The number of aryl methyl sites for hydroxylation is 1. The Morgan fingerprint density at radius 3 is 2.37 bits per heavy atom. The molecule has 7 rings (SSSR count). The molecule has 3 saturated heterocycles. The largest absolute Gasteiger partial charge is 0.464 e. The highest BCUT2D eigenvalue weighted by Crippen LogP contribution is 2.42. The molecular weight excluding hydrogens is 1000 g/mol. The van der Waals surface area contributed by atoms with E-state index in [1.165, 1.54) is 21.5 Å². The first-order chi connectivity index (χ1) is 30.5. The van der Waals surface area contributed by atoms with Crippen molar-refractivity contribution in [2.24, 2.45) is 17.3 Å². The number of benzene rings is 1. The lowest BCUT2D eigenvalue weighted by atomic mass is 9.84. The van der Waals surface area contributed by atoms with Crippen LogP contribution < -0.4 is 15.6 Å². The molecule has 21 heteroatoms. The van der Waals surface area contributed by atoms with Gasteiger partial charge in [-0.2, -0.15) is 81.0 Å². The summed E-state index contributed by atoms with van der Waals surface area (Å²) in [4.78, 5) is 79.5. The van der Waals surface area contributed by atoms with Crippen LogP contribution in [-0.4, -0.2) is 131 Å². The van der Waals surface area contributed by atoms with Crippen LogP contribution in [0.5, 0.6) is 0 Å². The van der Waals surface area contributed by atoms with Crippen molar-refractivity contribution in [3.63, 3.8) is 0 Å². The highest BCUT2D eigenvalue weighted by molar-refractivity contribution is 7.60. The maximum Gasteiger partial charge on any atom is 0.324 e. The van der Waals surface area contributed by atoms with Crippen LogP contribution in [0, 0.1) is 17.3 Å². The van der Waals surface area contributed by atoms with Gasteiger partial charge in [-0.1, -0.05) is 48.1 Å². The monoisotopic (exact) mass is 1080 g/mol. The normalized spacial score (nSPS) is 21.5. The molecule has 6 bridgehead atoms. The molecule has 4 amide bonds. The van der Waals surface area contributed by atoms with E-state index in [-0.39, 0.29) is 124 Å². The molecule has 6 heterocycles. The first-order valence-corrected chi connectivity index (χ1v) is 23.2. The van der Waals surface area contributed by atoms with Crippen molar-refractivity contribution in [2.45, 2.75) is 117 Å². The minimum Gasteiger partial charge on any atom is -0.464 e. The number of carbonyl (C=O) groups excluding carboxylic acids is 5. The number of hydrogen-bond donors (Lipinski definition) is 2. The third-order valence-electron chi connectivity index (χ3n) is 13.4. The number of rotatable bonds is 9. The Bertz CT molecular complexity index is 2280. The molecule has 5 atom stereocenters. The number of likely N-dealkylation sites (N-methyl/N-ethyl adjacent to an activating group) is 1. The Morgan fingerprint density at radius 2 is 1.71 bits per heavy atom. The number of hydrogen-bond acceptors (Lipinski definition) is 10. The van der Waals surface area contributed by atoms with Crippen molar-refractivity contribution in [3.8, 4) is 11.3 Å². The number of hydrazine groups is 1. The van der Waals surface area contributed by atoms with Crippen molar-refractivity contribution in [1.82, 2.24) is 35.1 Å². The van der Waals surface area contributed by atoms with E-state index in [4.69, 9.17) is 14.5 Å². The van der Waals surface area contributed by atoms with Crippen molar-refractivity contribution >= 4 is 127 Å². The summed E-state index contributed by atoms with van der Waals surface area (Å²) in [6, 6.07) is 8.07. The smallest absolute Gasteiger partial charge is 0.324 e.